The maximum atomic E-state index is 12.8. The van der Waals surface area contributed by atoms with Gasteiger partial charge in [-0.2, -0.15) is 0 Å². The molecule has 4 fully saturated rings. The van der Waals surface area contributed by atoms with E-state index < -0.39 is 0 Å². The zero-order valence-electron chi connectivity index (χ0n) is 16.8. The quantitative estimate of drug-likeness (QED) is 0.659. The standard InChI is InChI=1S/C25H32N2O/c1-2-10-27-17-21(22-7-3-4-8-23(22)27)6-5-9-24(28)26-25-14-18-11-19(15-25)13-20(12-18)16-25/h2-4,7-8,17-20H,1,5-6,9-16H2,(H,26,28). The highest BCUT2D eigenvalue weighted by molar-refractivity contribution is 5.84. The van der Waals surface area contributed by atoms with E-state index in [1.807, 2.05) is 6.08 Å². The largest absolute Gasteiger partial charge is 0.351 e. The number of rotatable bonds is 7. The molecule has 0 spiro atoms. The molecule has 0 radical (unpaired) electrons. The van der Waals surface area contributed by atoms with E-state index in [0.717, 1.165) is 37.1 Å². The smallest absolute Gasteiger partial charge is 0.220 e. The second kappa shape index (κ2) is 7.09. The van der Waals surface area contributed by atoms with Crippen molar-refractivity contribution in [3.63, 3.8) is 0 Å². The van der Waals surface area contributed by atoms with E-state index in [-0.39, 0.29) is 11.4 Å². The summed E-state index contributed by atoms with van der Waals surface area (Å²) in [6.45, 7) is 4.70. The number of hydrogen-bond donors (Lipinski definition) is 1. The summed E-state index contributed by atoms with van der Waals surface area (Å²) in [6, 6.07) is 8.55. The van der Waals surface area contributed by atoms with Gasteiger partial charge in [0.25, 0.3) is 0 Å². The van der Waals surface area contributed by atoms with Crippen molar-refractivity contribution in [3.05, 3.63) is 48.7 Å². The molecular formula is C25H32N2O. The van der Waals surface area contributed by atoms with Crippen LogP contribution in [-0.2, 0) is 17.8 Å². The van der Waals surface area contributed by atoms with Gasteiger partial charge in [0.2, 0.25) is 5.91 Å². The van der Waals surface area contributed by atoms with Crippen LogP contribution in [0.2, 0.25) is 0 Å². The van der Waals surface area contributed by atoms with E-state index >= 15 is 0 Å². The topological polar surface area (TPSA) is 34.0 Å². The third kappa shape index (κ3) is 3.29. The Bertz CT molecular complexity index is 858. The summed E-state index contributed by atoms with van der Waals surface area (Å²) in [5, 5.41) is 4.83. The van der Waals surface area contributed by atoms with Crippen LogP contribution in [0, 0.1) is 17.8 Å². The molecule has 148 valence electrons. The fraction of sp³-hybridized carbons (Fsp3) is 0.560. The number of para-hydroxylation sites is 1. The lowest BCUT2D eigenvalue weighted by molar-refractivity contribution is -0.126. The lowest BCUT2D eigenvalue weighted by Crippen LogP contribution is -2.59. The number of aryl methyl sites for hydroxylation is 1. The molecule has 1 amide bonds. The first-order valence-corrected chi connectivity index (χ1v) is 11.1. The molecule has 1 aromatic carbocycles. The molecule has 0 saturated heterocycles. The summed E-state index contributed by atoms with van der Waals surface area (Å²) in [5.41, 5.74) is 2.75. The molecule has 1 aromatic heterocycles. The van der Waals surface area contributed by atoms with E-state index in [2.05, 4.69) is 46.9 Å². The predicted molar refractivity (Wildman–Crippen MR) is 114 cm³/mol. The monoisotopic (exact) mass is 376 g/mol. The molecule has 4 bridgehead atoms. The van der Waals surface area contributed by atoms with Gasteiger partial charge < -0.3 is 9.88 Å². The number of benzene rings is 1. The fourth-order valence-corrected chi connectivity index (χ4v) is 6.87. The van der Waals surface area contributed by atoms with Gasteiger partial charge in [-0.25, -0.2) is 0 Å². The van der Waals surface area contributed by atoms with Gasteiger partial charge in [-0.05, 0) is 80.8 Å². The van der Waals surface area contributed by atoms with Gasteiger partial charge >= 0.3 is 0 Å². The minimum Gasteiger partial charge on any atom is -0.351 e. The van der Waals surface area contributed by atoms with Gasteiger partial charge in [0, 0.05) is 35.6 Å². The van der Waals surface area contributed by atoms with Gasteiger partial charge in [-0.1, -0.05) is 24.3 Å². The number of carbonyl (C=O) groups excluding carboxylic acids is 1. The van der Waals surface area contributed by atoms with Crippen molar-refractivity contribution in [3.8, 4) is 0 Å². The third-order valence-corrected chi connectivity index (χ3v) is 7.49. The number of amides is 1. The average Bonchev–Trinajstić information content (AvgIpc) is 2.98. The van der Waals surface area contributed by atoms with Crippen molar-refractivity contribution in [2.45, 2.75) is 69.9 Å². The lowest BCUT2D eigenvalue weighted by Gasteiger charge is -2.56. The summed E-state index contributed by atoms with van der Waals surface area (Å²) >= 11 is 0. The van der Waals surface area contributed by atoms with Crippen LogP contribution in [0.5, 0.6) is 0 Å². The molecule has 3 heteroatoms. The summed E-state index contributed by atoms with van der Waals surface area (Å²) < 4.78 is 2.26. The molecule has 28 heavy (non-hydrogen) atoms. The highest BCUT2D eigenvalue weighted by Crippen LogP contribution is 2.55. The fourth-order valence-electron chi connectivity index (χ4n) is 6.87. The molecular weight excluding hydrogens is 344 g/mol. The highest BCUT2D eigenvalue weighted by atomic mass is 16.1. The Morgan fingerprint density at radius 3 is 2.50 bits per heavy atom. The Morgan fingerprint density at radius 1 is 1.14 bits per heavy atom. The van der Waals surface area contributed by atoms with Crippen molar-refractivity contribution < 1.29 is 4.79 Å². The van der Waals surface area contributed by atoms with Gasteiger partial charge in [0.1, 0.15) is 0 Å². The van der Waals surface area contributed by atoms with Crippen LogP contribution in [0.25, 0.3) is 10.9 Å². The van der Waals surface area contributed by atoms with Crippen molar-refractivity contribution in [1.82, 2.24) is 9.88 Å². The summed E-state index contributed by atoms with van der Waals surface area (Å²) in [7, 11) is 0. The molecule has 0 atom stereocenters. The first kappa shape index (κ1) is 18.0. The molecule has 4 saturated carbocycles. The van der Waals surface area contributed by atoms with Gasteiger partial charge in [0.15, 0.2) is 0 Å². The van der Waals surface area contributed by atoms with Crippen LogP contribution >= 0.6 is 0 Å². The van der Waals surface area contributed by atoms with Crippen LogP contribution in [0.1, 0.15) is 56.9 Å². The number of aromatic nitrogens is 1. The molecule has 0 aliphatic heterocycles. The first-order valence-electron chi connectivity index (χ1n) is 11.1. The molecule has 6 rings (SSSR count). The zero-order chi connectivity index (χ0) is 19.1. The number of nitrogens with zero attached hydrogens (tertiary/aromatic N) is 1. The normalized spacial score (nSPS) is 30.6. The average molecular weight is 377 g/mol. The summed E-state index contributed by atoms with van der Waals surface area (Å²) in [4.78, 5) is 12.8. The van der Waals surface area contributed by atoms with Crippen LogP contribution in [0.4, 0.5) is 0 Å². The first-order chi connectivity index (χ1) is 13.6. The second-order valence-corrected chi connectivity index (χ2v) is 9.71. The Hall–Kier alpha value is -2.03. The number of carbonyl (C=O) groups is 1. The van der Waals surface area contributed by atoms with Crippen LogP contribution < -0.4 is 5.32 Å². The molecule has 2 aromatic rings. The minimum absolute atomic E-state index is 0.145. The Balaban J connectivity index is 1.20. The molecule has 1 N–H and O–H groups in total. The predicted octanol–water partition coefficient (Wildman–Crippen LogP) is 5.24. The van der Waals surface area contributed by atoms with E-state index in [1.54, 1.807) is 0 Å². The maximum Gasteiger partial charge on any atom is 0.220 e. The Morgan fingerprint density at radius 2 is 1.82 bits per heavy atom. The van der Waals surface area contributed by atoms with E-state index in [0.29, 0.717) is 6.42 Å². The third-order valence-electron chi connectivity index (χ3n) is 7.49. The van der Waals surface area contributed by atoms with Crippen LogP contribution in [0.15, 0.2) is 43.1 Å². The van der Waals surface area contributed by atoms with Crippen molar-refractivity contribution in [2.24, 2.45) is 17.8 Å². The van der Waals surface area contributed by atoms with E-state index in [9.17, 15) is 4.79 Å². The second-order valence-electron chi connectivity index (χ2n) is 9.71. The number of fused-ring (bicyclic) bond motifs is 1. The SMILES string of the molecule is C=CCn1cc(CCCC(=O)NC23CC4CC(CC(C4)C2)C3)c2ccccc21. The number of allylic oxidation sites excluding steroid dienone is 1. The van der Waals surface area contributed by atoms with Crippen molar-refractivity contribution in [2.75, 3.05) is 0 Å². The van der Waals surface area contributed by atoms with Gasteiger partial charge in [-0.15, -0.1) is 6.58 Å². The van der Waals surface area contributed by atoms with Crippen LogP contribution in [-0.4, -0.2) is 16.0 Å². The molecule has 4 aliphatic rings. The Kier molecular flexibility index (Phi) is 4.57. The van der Waals surface area contributed by atoms with Gasteiger partial charge in [0.05, 0.1) is 0 Å². The van der Waals surface area contributed by atoms with Gasteiger partial charge in [-0.3, -0.25) is 4.79 Å². The van der Waals surface area contributed by atoms with E-state index in [4.69, 9.17) is 0 Å². The summed E-state index contributed by atoms with van der Waals surface area (Å²) in [5.74, 6) is 2.91. The zero-order valence-corrected chi connectivity index (χ0v) is 16.8. The number of nitrogens with one attached hydrogen (secondary N) is 1. The van der Waals surface area contributed by atoms with Crippen molar-refractivity contribution in [1.29, 1.82) is 0 Å². The minimum atomic E-state index is 0.145. The molecule has 0 unspecified atom stereocenters. The molecule has 1 heterocycles. The van der Waals surface area contributed by atoms with Crippen molar-refractivity contribution >= 4 is 16.8 Å². The van der Waals surface area contributed by atoms with Crippen LogP contribution in [0.3, 0.4) is 0 Å². The summed E-state index contributed by atoms with van der Waals surface area (Å²) in [6.07, 6.45) is 14.7. The Labute approximate surface area is 168 Å². The molecule has 4 aliphatic carbocycles. The maximum absolute atomic E-state index is 12.8. The highest BCUT2D eigenvalue weighted by Gasteiger charge is 2.51. The molecule has 3 nitrogen and oxygen atoms in total. The number of hydrogen-bond acceptors (Lipinski definition) is 1. The lowest BCUT2D eigenvalue weighted by atomic mass is 9.53. The van der Waals surface area contributed by atoms with E-state index in [1.165, 1.54) is 55.0 Å².